The molecule has 5 nitrogen and oxygen atoms in total. The van der Waals surface area contributed by atoms with E-state index in [9.17, 15) is 18.7 Å². The highest BCUT2D eigenvalue weighted by molar-refractivity contribution is 5.74. The summed E-state index contributed by atoms with van der Waals surface area (Å²) in [6.45, 7) is 3.11. The third-order valence-corrected chi connectivity index (χ3v) is 3.74. The van der Waals surface area contributed by atoms with Crippen LogP contribution in [0.15, 0.2) is 18.2 Å². The SMILES string of the molecule is CC1CCN(C(=O)NCCOc2ccc(F)cc2F)CC1O. The molecule has 1 aromatic rings. The molecule has 122 valence electrons. The van der Waals surface area contributed by atoms with Gasteiger partial charge < -0.3 is 20.1 Å². The Bertz CT molecular complexity index is 528. The van der Waals surface area contributed by atoms with Crippen molar-refractivity contribution in [2.45, 2.75) is 19.4 Å². The second-order valence-corrected chi connectivity index (χ2v) is 5.43. The van der Waals surface area contributed by atoms with Crippen LogP contribution in [0.3, 0.4) is 0 Å². The first-order chi connectivity index (χ1) is 10.5. The minimum atomic E-state index is -0.778. The van der Waals surface area contributed by atoms with Gasteiger partial charge in [0.05, 0.1) is 12.6 Å². The molecule has 2 N–H and O–H groups in total. The molecule has 0 bridgehead atoms. The van der Waals surface area contributed by atoms with Crippen LogP contribution in [-0.2, 0) is 0 Å². The fraction of sp³-hybridized carbons (Fsp3) is 0.533. The van der Waals surface area contributed by atoms with Crippen LogP contribution in [0.1, 0.15) is 13.3 Å². The summed E-state index contributed by atoms with van der Waals surface area (Å²) in [7, 11) is 0. The molecule has 1 fully saturated rings. The molecule has 0 radical (unpaired) electrons. The van der Waals surface area contributed by atoms with Crippen LogP contribution in [0.2, 0.25) is 0 Å². The molecule has 1 saturated heterocycles. The Labute approximate surface area is 127 Å². The molecule has 0 spiro atoms. The predicted molar refractivity (Wildman–Crippen MR) is 76.6 cm³/mol. The summed E-state index contributed by atoms with van der Waals surface area (Å²) in [6.07, 6.45) is 0.246. The van der Waals surface area contributed by atoms with Gasteiger partial charge in [-0.25, -0.2) is 13.6 Å². The first-order valence-electron chi connectivity index (χ1n) is 7.26. The summed E-state index contributed by atoms with van der Waals surface area (Å²) in [6, 6.07) is 2.76. The molecule has 0 aromatic heterocycles. The number of carbonyl (C=O) groups is 1. The number of piperidine rings is 1. The van der Waals surface area contributed by atoms with Gasteiger partial charge >= 0.3 is 6.03 Å². The molecule has 2 rings (SSSR count). The van der Waals surface area contributed by atoms with Crippen LogP contribution >= 0.6 is 0 Å². The van der Waals surface area contributed by atoms with Crippen LogP contribution in [0, 0.1) is 17.6 Å². The number of β-amino-alcohol motifs (C(OH)–C–C–N with tert-alkyl or cyclic N) is 1. The van der Waals surface area contributed by atoms with Crippen molar-refractivity contribution >= 4 is 6.03 Å². The van der Waals surface area contributed by atoms with Gasteiger partial charge in [0, 0.05) is 19.2 Å². The van der Waals surface area contributed by atoms with E-state index < -0.39 is 17.7 Å². The van der Waals surface area contributed by atoms with Crippen molar-refractivity contribution in [1.82, 2.24) is 10.2 Å². The monoisotopic (exact) mass is 314 g/mol. The van der Waals surface area contributed by atoms with Crippen LogP contribution in [-0.4, -0.2) is 48.4 Å². The van der Waals surface area contributed by atoms with Gasteiger partial charge in [0.15, 0.2) is 11.6 Å². The van der Waals surface area contributed by atoms with Gasteiger partial charge in [-0.1, -0.05) is 6.92 Å². The molecule has 2 amide bonds. The molecule has 1 aliphatic heterocycles. The van der Waals surface area contributed by atoms with Crippen molar-refractivity contribution < 1.29 is 23.4 Å². The van der Waals surface area contributed by atoms with Crippen molar-refractivity contribution in [2.24, 2.45) is 5.92 Å². The summed E-state index contributed by atoms with van der Waals surface area (Å²) in [5.41, 5.74) is 0. The minimum absolute atomic E-state index is 0.0575. The predicted octanol–water partition coefficient (Wildman–Crippen LogP) is 1.76. The first-order valence-corrected chi connectivity index (χ1v) is 7.26. The second-order valence-electron chi connectivity index (χ2n) is 5.43. The number of amides is 2. The fourth-order valence-electron chi connectivity index (χ4n) is 2.26. The molecule has 2 atom stereocenters. The Morgan fingerprint density at radius 3 is 2.95 bits per heavy atom. The number of rotatable bonds is 4. The molecule has 2 unspecified atom stereocenters. The zero-order chi connectivity index (χ0) is 16.1. The summed E-state index contributed by atoms with van der Waals surface area (Å²) in [5, 5.41) is 12.4. The number of halogens is 2. The lowest BCUT2D eigenvalue weighted by molar-refractivity contribution is 0.0434. The van der Waals surface area contributed by atoms with Gasteiger partial charge in [0.25, 0.3) is 0 Å². The van der Waals surface area contributed by atoms with Crippen molar-refractivity contribution in [1.29, 1.82) is 0 Å². The maximum atomic E-state index is 13.3. The number of likely N-dealkylation sites (tertiary alicyclic amines) is 1. The van der Waals surface area contributed by atoms with Crippen LogP contribution < -0.4 is 10.1 Å². The van der Waals surface area contributed by atoms with Crippen LogP contribution in [0.25, 0.3) is 0 Å². The van der Waals surface area contributed by atoms with Gasteiger partial charge in [-0.2, -0.15) is 0 Å². The van der Waals surface area contributed by atoms with Gasteiger partial charge in [-0.15, -0.1) is 0 Å². The quantitative estimate of drug-likeness (QED) is 0.833. The zero-order valence-electron chi connectivity index (χ0n) is 12.4. The molecule has 1 aliphatic rings. The summed E-state index contributed by atoms with van der Waals surface area (Å²) in [5.74, 6) is -1.32. The standard InChI is InChI=1S/C15H20F2N2O3/c1-10-4-6-19(9-13(10)20)15(21)18-5-7-22-14-3-2-11(16)8-12(14)17/h2-3,8,10,13,20H,4-7,9H2,1H3,(H,18,21). The Balaban J connectivity index is 1.71. The molecule has 0 aliphatic carbocycles. The average Bonchev–Trinajstić information content (AvgIpc) is 2.48. The van der Waals surface area contributed by atoms with E-state index in [1.807, 2.05) is 6.92 Å². The zero-order valence-corrected chi connectivity index (χ0v) is 12.4. The van der Waals surface area contributed by atoms with E-state index >= 15 is 0 Å². The van der Waals surface area contributed by atoms with E-state index in [0.717, 1.165) is 18.6 Å². The Hall–Kier alpha value is -1.89. The number of urea groups is 1. The normalized spacial score (nSPS) is 21.5. The number of hydrogen-bond donors (Lipinski definition) is 2. The van der Waals surface area contributed by atoms with E-state index in [2.05, 4.69) is 5.32 Å². The lowest BCUT2D eigenvalue weighted by atomic mass is 9.96. The Morgan fingerprint density at radius 1 is 1.50 bits per heavy atom. The molecule has 0 saturated carbocycles. The number of aliphatic hydroxyl groups is 1. The smallest absolute Gasteiger partial charge is 0.317 e. The second kappa shape index (κ2) is 7.40. The van der Waals surface area contributed by atoms with E-state index in [-0.39, 0.29) is 30.9 Å². The van der Waals surface area contributed by atoms with Gasteiger partial charge in [0.2, 0.25) is 0 Å². The highest BCUT2D eigenvalue weighted by atomic mass is 19.1. The maximum Gasteiger partial charge on any atom is 0.317 e. The molecular weight excluding hydrogens is 294 g/mol. The average molecular weight is 314 g/mol. The highest BCUT2D eigenvalue weighted by Gasteiger charge is 2.26. The number of carbonyl (C=O) groups excluding carboxylic acids is 1. The van der Waals surface area contributed by atoms with Crippen LogP contribution in [0.5, 0.6) is 5.75 Å². The van der Waals surface area contributed by atoms with E-state index in [0.29, 0.717) is 13.1 Å². The van der Waals surface area contributed by atoms with Crippen LogP contribution in [0.4, 0.5) is 13.6 Å². The van der Waals surface area contributed by atoms with Gasteiger partial charge in [-0.05, 0) is 24.5 Å². The third kappa shape index (κ3) is 4.30. The van der Waals surface area contributed by atoms with Crippen molar-refractivity contribution in [3.8, 4) is 5.75 Å². The van der Waals surface area contributed by atoms with Crippen molar-refractivity contribution in [3.63, 3.8) is 0 Å². The molecule has 7 heteroatoms. The summed E-state index contributed by atoms with van der Waals surface area (Å²) >= 11 is 0. The number of aliphatic hydroxyl groups excluding tert-OH is 1. The van der Waals surface area contributed by atoms with E-state index in [1.165, 1.54) is 6.07 Å². The van der Waals surface area contributed by atoms with Gasteiger partial charge in [-0.3, -0.25) is 0 Å². The van der Waals surface area contributed by atoms with Crippen molar-refractivity contribution in [3.05, 3.63) is 29.8 Å². The Kier molecular flexibility index (Phi) is 5.54. The topological polar surface area (TPSA) is 61.8 Å². The molecule has 1 heterocycles. The highest BCUT2D eigenvalue weighted by Crippen LogP contribution is 2.18. The van der Waals surface area contributed by atoms with Gasteiger partial charge in [0.1, 0.15) is 12.4 Å². The van der Waals surface area contributed by atoms with Crippen molar-refractivity contribution in [2.75, 3.05) is 26.2 Å². The largest absolute Gasteiger partial charge is 0.489 e. The number of benzene rings is 1. The lowest BCUT2D eigenvalue weighted by Crippen LogP contribution is -2.50. The summed E-state index contributed by atoms with van der Waals surface area (Å²) in [4.78, 5) is 13.4. The number of nitrogens with one attached hydrogen (secondary N) is 1. The minimum Gasteiger partial charge on any atom is -0.489 e. The number of nitrogens with zero attached hydrogens (tertiary/aromatic N) is 1. The summed E-state index contributed by atoms with van der Waals surface area (Å²) < 4.78 is 31.2. The Morgan fingerprint density at radius 2 is 2.27 bits per heavy atom. The lowest BCUT2D eigenvalue weighted by Gasteiger charge is -2.34. The molecule has 22 heavy (non-hydrogen) atoms. The number of ether oxygens (including phenoxy) is 1. The maximum absolute atomic E-state index is 13.3. The van der Waals surface area contributed by atoms with E-state index in [4.69, 9.17) is 4.74 Å². The first kappa shape index (κ1) is 16.5. The number of hydrogen-bond acceptors (Lipinski definition) is 3. The molecule has 1 aromatic carbocycles. The third-order valence-electron chi connectivity index (χ3n) is 3.74. The fourth-order valence-corrected chi connectivity index (χ4v) is 2.26. The molecular formula is C15H20F2N2O3. The van der Waals surface area contributed by atoms with E-state index in [1.54, 1.807) is 4.90 Å².